The minimum absolute atomic E-state index is 0.0143. The molecule has 1 aliphatic heterocycles. The second-order valence-electron chi connectivity index (χ2n) is 7.63. The molecule has 4 rings (SSSR count). The Morgan fingerprint density at radius 1 is 1.06 bits per heavy atom. The molecule has 34 heavy (non-hydrogen) atoms. The first-order valence-corrected chi connectivity index (χ1v) is 10.9. The number of likely N-dealkylation sites (tertiary alicyclic amines) is 1. The van der Waals surface area contributed by atoms with Gasteiger partial charge in [-0.25, -0.2) is 0 Å². The number of ketones is 1. The van der Waals surface area contributed by atoms with Crippen LogP contribution in [0.5, 0.6) is 11.5 Å². The molecule has 1 saturated heterocycles. The Hall–Kier alpha value is -4.26. The molecule has 1 fully saturated rings. The number of nitrogens with zero attached hydrogens (tertiary/aromatic N) is 1. The van der Waals surface area contributed by atoms with Crippen molar-refractivity contribution >= 4 is 17.4 Å². The van der Waals surface area contributed by atoms with Gasteiger partial charge in [0.2, 0.25) is 0 Å². The van der Waals surface area contributed by atoms with E-state index >= 15 is 0 Å². The number of furan rings is 1. The van der Waals surface area contributed by atoms with E-state index in [-0.39, 0.29) is 17.9 Å². The number of carbonyl (C=O) groups excluding carboxylic acids is 2. The Morgan fingerprint density at radius 3 is 2.35 bits per heavy atom. The average molecular weight is 459 g/mol. The fourth-order valence-corrected chi connectivity index (χ4v) is 3.89. The van der Waals surface area contributed by atoms with Gasteiger partial charge in [0.05, 0.1) is 31.0 Å². The molecular formula is C27H25NO6. The molecule has 0 spiro atoms. The third-order valence-corrected chi connectivity index (χ3v) is 5.45. The minimum atomic E-state index is -0.794. The van der Waals surface area contributed by atoms with Gasteiger partial charge in [-0.05, 0) is 61.0 Å². The van der Waals surface area contributed by atoms with Gasteiger partial charge in [-0.2, -0.15) is 0 Å². The highest BCUT2D eigenvalue weighted by Gasteiger charge is 2.46. The molecule has 1 aliphatic rings. The molecule has 0 saturated carbocycles. The van der Waals surface area contributed by atoms with Crippen LogP contribution < -0.4 is 9.47 Å². The van der Waals surface area contributed by atoms with Crippen LogP contribution in [0.3, 0.4) is 0 Å². The molecule has 1 atom stereocenters. The van der Waals surface area contributed by atoms with Crippen LogP contribution in [-0.2, 0) is 16.1 Å². The molecule has 0 radical (unpaired) electrons. The smallest absolute Gasteiger partial charge is 0.296 e. The van der Waals surface area contributed by atoms with E-state index in [9.17, 15) is 14.7 Å². The molecule has 3 aromatic rings. The van der Waals surface area contributed by atoms with Gasteiger partial charge in [-0.3, -0.25) is 9.59 Å². The van der Waals surface area contributed by atoms with Crippen LogP contribution in [0.1, 0.15) is 29.9 Å². The second-order valence-corrected chi connectivity index (χ2v) is 7.63. The summed E-state index contributed by atoms with van der Waals surface area (Å²) in [5.41, 5.74) is 1.08. The largest absolute Gasteiger partial charge is 0.507 e. The van der Waals surface area contributed by atoms with Crippen molar-refractivity contribution in [1.29, 1.82) is 0 Å². The first kappa shape index (κ1) is 22.9. The summed E-state index contributed by atoms with van der Waals surface area (Å²) < 4.78 is 16.4. The quantitative estimate of drug-likeness (QED) is 0.213. The summed E-state index contributed by atoms with van der Waals surface area (Å²) in [5.74, 6) is 0.0795. The summed E-state index contributed by atoms with van der Waals surface area (Å²) in [7, 11) is 0. The Morgan fingerprint density at radius 2 is 1.74 bits per heavy atom. The predicted octanol–water partition coefficient (Wildman–Crippen LogP) is 4.87. The van der Waals surface area contributed by atoms with E-state index in [2.05, 4.69) is 6.58 Å². The number of Topliss-reactive ketones (excluding diaryl/α,β-unsaturated/α-hetero) is 1. The summed E-state index contributed by atoms with van der Waals surface area (Å²) in [6, 6.07) is 16.4. The maximum atomic E-state index is 13.1. The van der Waals surface area contributed by atoms with E-state index in [1.54, 1.807) is 66.7 Å². The lowest BCUT2D eigenvalue weighted by Gasteiger charge is -2.24. The molecule has 1 aromatic heterocycles. The first-order chi connectivity index (χ1) is 16.5. The fourth-order valence-electron chi connectivity index (χ4n) is 3.89. The van der Waals surface area contributed by atoms with Crippen LogP contribution in [0, 0.1) is 0 Å². The van der Waals surface area contributed by atoms with Gasteiger partial charge in [0, 0.05) is 5.56 Å². The maximum Gasteiger partial charge on any atom is 0.296 e. The van der Waals surface area contributed by atoms with Crippen molar-refractivity contribution in [1.82, 2.24) is 4.90 Å². The normalized spacial score (nSPS) is 17.1. The zero-order valence-electron chi connectivity index (χ0n) is 18.8. The van der Waals surface area contributed by atoms with E-state index in [0.29, 0.717) is 41.6 Å². The molecule has 2 aromatic carbocycles. The molecule has 1 N–H and O–H groups in total. The van der Waals surface area contributed by atoms with Crippen LogP contribution in [0.2, 0.25) is 0 Å². The number of hydrogen-bond donors (Lipinski definition) is 1. The second kappa shape index (κ2) is 10.1. The molecule has 174 valence electrons. The summed E-state index contributed by atoms with van der Waals surface area (Å²) in [6.07, 6.45) is 3.14. The van der Waals surface area contributed by atoms with E-state index in [4.69, 9.17) is 13.9 Å². The van der Waals surface area contributed by atoms with E-state index < -0.39 is 17.7 Å². The lowest BCUT2D eigenvalue weighted by Crippen LogP contribution is -2.29. The van der Waals surface area contributed by atoms with Gasteiger partial charge in [0.25, 0.3) is 11.7 Å². The number of amides is 1. The molecule has 0 aliphatic carbocycles. The topological polar surface area (TPSA) is 89.2 Å². The van der Waals surface area contributed by atoms with E-state index in [1.165, 1.54) is 11.2 Å². The number of aliphatic hydroxyl groups excluding tert-OH is 1. The predicted molar refractivity (Wildman–Crippen MR) is 126 cm³/mol. The zero-order valence-corrected chi connectivity index (χ0v) is 18.8. The minimum Gasteiger partial charge on any atom is -0.507 e. The van der Waals surface area contributed by atoms with Crippen LogP contribution in [0.4, 0.5) is 0 Å². The van der Waals surface area contributed by atoms with Crippen molar-refractivity contribution in [3.8, 4) is 11.5 Å². The van der Waals surface area contributed by atoms with Gasteiger partial charge >= 0.3 is 0 Å². The van der Waals surface area contributed by atoms with Crippen molar-refractivity contribution < 1.29 is 28.6 Å². The van der Waals surface area contributed by atoms with Gasteiger partial charge < -0.3 is 23.9 Å². The molecule has 2 heterocycles. The third kappa shape index (κ3) is 4.59. The number of aliphatic hydroxyl groups is 1. The zero-order chi connectivity index (χ0) is 24.1. The Balaban J connectivity index is 1.77. The van der Waals surface area contributed by atoms with Gasteiger partial charge in [-0.1, -0.05) is 24.8 Å². The highest BCUT2D eigenvalue weighted by Crippen LogP contribution is 2.40. The van der Waals surface area contributed by atoms with Gasteiger partial charge in [-0.15, -0.1) is 0 Å². The summed E-state index contributed by atoms with van der Waals surface area (Å²) in [4.78, 5) is 27.6. The van der Waals surface area contributed by atoms with E-state index in [0.717, 1.165) is 0 Å². The molecule has 7 heteroatoms. The highest BCUT2D eigenvalue weighted by atomic mass is 16.5. The molecule has 7 nitrogen and oxygen atoms in total. The van der Waals surface area contributed by atoms with Crippen molar-refractivity contribution in [2.75, 3.05) is 13.2 Å². The SMILES string of the molecule is C=CCOc1ccc(C(O)=C2C(=O)C(=O)N(Cc3ccco3)C2c2ccc(OCC)cc2)cc1. The van der Waals surface area contributed by atoms with Crippen molar-refractivity contribution in [3.05, 3.63) is 102 Å². The first-order valence-electron chi connectivity index (χ1n) is 10.9. The van der Waals surface area contributed by atoms with Gasteiger partial charge in [0.15, 0.2) is 0 Å². The number of rotatable bonds is 9. The Bertz CT molecular complexity index is 1190. The summed E-state index contributed by atoms with van der Waals surface area (Å²) in [5, 5.41) is 11.2. The molecule has 1 amide bonds. The van der Waals surface area contributed by atoms with Crippen molar-refractivity contribution in [2.24, 2.45) is 0 Å². The van der Waals surface area contributed by atoms with Crippen LogP contribution in [-0.4, -0.2) is 34.9 Å². The summed E-state index contributed by atoms with van der Waals surface area (Å²) in [6.45, 7) is 6.45. The van der Waals surface area contributed by atoms with Gasteiger partial charge in [0.1, 0.15) is 29.6 Å². The van der Waals surface area contributed by atoms with Crippen molar-refractivity contribution in [3.63, 3.8) is 0 Å². The van der Waals surface area contributed by atoms with E-state index in [1.807, 2.05) is 6.92 Å². The number of ether oxygens (including phenoxy) is 2. The third-order valence-electron chi connectivity index (χ3n) is 5.45. The van der Waals surface area contributed by atoms with Crippen LogP contribution in [0.25, 0.3) is 5.76 Å². The Labute approximate surface area is 197 Å². The fraction of sp³-hybridized carbons (Fsp3) is 0.185. The average Bonchev–Trinajstić information content (AvgIpc) is 3.46. The standard InChI is InChI=1S/C27H25NO6/c1-3-15-33-21-13-9-19(10-14-21)25(29)23-24(18-7-11-20(12-8-18)32-4-2)28(27(31)26(23)30)17-22-6-5-16-34-22/h3,5-14,16,24,29H,1,4,15,17H2,2H3. The highest BCUT2D eigenvalue weighted by molar-refractivity contribution is 6.46. The maximum absolute atomic E-state index is 13.1. The van der Waals surface area contributed by atoms with Crippen LogP contribution >= 0.6 is 0 Å². The summed E-state index contributed by atoms with van der Waals surface area (Å²) >= 11 is 0. The van der Waals surface area contributed by atoms with Crippen molar-refractivity contribution in [2.45, 2.75) is 19.5 Å². The monoisotopic (exact) mass is 459 g/mol. The molecule has 0 bridgehead atoms. The number of hydrogen-bond acceptors (Lipinski definition) is 6. The number of benzene rings is 2. The molecular weight excluding hydrogens is 434 g/mol. The number of carbonyl (C=O) groups is 2. The molecule has 1 unspecified atom stereocenters. The van der Waals surface area contributed by atoms with Crippen LogP contribution in [0.15, 0.2) is 89.6 Å². The Kier molecular flexibility index (Phi) is 6.82. The lowest BCUT2D eigenvalue weighted by molar-refractivity contribution is -0.140. The lowest BCUT2D eigenvalue weighted by atomic mass is 9.95.